The number of para-hydroxylation sites is 1. The van der Waals surface area contributed by atoms with Crippen LogP contribution >= 0.6 is 11.6 Å². The van der Waals surface area contributed by atoms with Crippen LogP contribution in [0.25, 0.3) is 16.5 Å². The standard InChI is InChI=1S/C15H10ClN3O3/c16-13-7-6-12(22-11-4-2-1-3-5-11)8-10(13)9-14(15(20)21)18-19-17/h1-9H,(H,20,21)/b14-9-. The summed E-state index contributed by atoms with van der Waals surface area (Å²) in [6, 6.07) is 13.9. The van der Waals surface area contributed by atoms with Gasteiger partial charge in [-0.05, 0) is 47.5 Å². The van der Waals surface area contributed by atoms with Gasteiger partial charge in [-0.25, -0.2) is 4.79 Å². The molecule has 1 N–H and O–H groups in total. The topological polar surface area (TPSA) is 95.3 Å². The van der Waals surface area contributed by atoms with Crippen molar-refractivity contribution in [2.24, 2.45) is 5.11 Å². The average Bonchev–Trinajstić information content (AvgIpc) is 2.51. The molecule has 7 heteroatoms. The van der Waals surface area contributed by atoms with E-state index in [0.717, 1.165) is 0 Å². The van der Waals surface area contributed by atoms with Crippen LogP contribution in [0.3, 0.4) is 0 Å². The highest BCUT2D eigenvalue weighted by Gasteiger charge is 2.08. The Morgan fingerprint density at radius 2 is 1.95 bits per heavy atom. The molecule has 6 nitrogen and oxygen atoms in total. The monoisotopic (exact) mass is 315 g/mol. The number of hydrogen-bond donors (Lipinski definition) is 1. The van der Waals surface area contributed by atoms with E-state index in [1.165, 1.54) is 6.08 Å². The van der Waals surface area contributed by atoms with Crippen molar-refractivity contribution >= 4 is 23.6 Å². The van der Waals surface area contributed by atoms with Gasteiger partial charge in [0.25, 0.3) is 0 Å². The molecule has 0 saturated heterocycles. The number of carboxylic acids is 1. The summed E-state index contributed by atoms with van der Waals surface area (Å²) in [5.74, 6) is -0.232. The summed E-state index contributed by atoms with van der Waals surface area (Å²) < 4.78 is 5.64. The van der Waals surface area contributed by atoms with E-state index in [4.69, 9.17) is 27.0 Å². The summed E-state index contributed by atoms with van der Waals surface area (Å²) in [4.78, 5) is 13.4. The van der Waals surface area contributed by atoms with E-state index in [1.54, 1.807) is 30.3 Å². The molecule has 0 aromatic heterocycles. The number of rotatable bonds is 5. The van der Waals surface area contributed by atoms with Crippen LogP contribution in [0.2, 0.25) is 5.02 Å². The molecule has 2 aromatic rings. The Hall–Kier alpha value is -2.95. The van der Waals surface area contributed by atoms with Gasteiger partial charge in [0.1, 0.15) is 17.2 Å². The Balaban J connectivity index is 2.36. The first-order valence-corrected chi connectivity index (χ1v) is 6.50. The highest BCUT2D eigenvalue weighted by Crippen LogP contribution is 2.28. The lowest BCUT2D eigenvalue weighted by Crippen LogP contribution is -1.97. The third-order valence-corrected chi connectivity index (χ3v) is 2.95. The lowest BCUT2D eigenvalue weighted by molar-refractivity contribution is -0.132. The lowest BCUT2D eigenvalue weighted by atomic mass is 10.2. The van der Waals surface area contributed by atoms with Crippen molar-refractivity contribution in [2.75, 3.05) is 0 Å². The largest absolute Gasteiger partial charge is 0.478 e. The number of hydrogen-bond acceptors (Lipinski definition) is 3. The minimum Gasteiger partial charge on any atom is -0.478 e. The molecule has 0 radical (unpaired) electrons. The van der Waals surface area contributed by atoms with E-state index in [9.17, 15) is 4.79 Å². The van der Waals surface area contributed by atoms with E-state index in [0.29, 0.717) is 22.1 Å². The predicted molar refractivity (Wildman–Crippen MR) is 82.7 cm³/mol. The van der Waals surface area contributed by atoms with Gasteiger partial charge >= 0.3 is 5.97 Å². The van der Waals surface area contributed by atoms with Gasteiger partial charge in [0.2, 0.25) is 0 Å². The molecule has 0 saturated carbocycles. The van der Waals surface area contributed by atoms with E-state index < -0.39 is 11.7 Å². The first-order valence-electron chi connectivity index (χ1n) is 6.12. The molecule has 22 heavy (non-hydrogen) atoms. The van der Waals surface area contributed by atoms with Gasteiger partial charge in [-0.1, -0.05) is 34.9 Å². The number of halogens is 1. The zero-order valence-electron chi connectivity index (χ0n) is 11.2. The molecule has 0 aliphatic rings. The minimum absolute atomic E-state index is 0.312. The molecule has 0 spiro atoms. The Labute approximate surface area is 130 Å². The first kappa shape index (κ1) is 15.4. The molecule has 2 rings (SSSR count). The van der Waals surface area contributed by atoms with Crippen molar-refractivity contribution in [3.63, 3.8) is 0 Å². The van der Waals surface area contributed by atoms with Crippen molar-refractivity contribution in [3.05, 3.63) is 75.3 Å². The number of benzene rings is 2. The molecule has 0 bridgehead atoms. The summed E-state index contributed by atoms with van der Waals surface area (Å²) in [6.07, 6.45) is 1.18. The van der Waals surface area contributed by atoms with Crippen molar-refractivity contribution < 1.29 is 14.6 Å². The molecule has 2 aromatic carbocycles. The van der Waals surface area contributed by atoms with Crippen LogP contribution in [-0.4, -0.2) is 11.1 Å². The molecule has 0 aliphatic heterocycles. The maximum absolute atomic E-state index is 11.0. The van der Waals surface area contributed by atoms with E-state index in [1.807, 2.05) is 18.2 Å². The molecule has 0 unspecified atom stereocenters. The smallest absolute Gasteiger partial charge is 0.338 e. The van der Waals surface area contributed by atoms with Crippen LogP contribution in [0, 0.1) is 0 Å². The minimum atomic E-state index is -1.34. The van der Waals surface area contributed by atoms with Crippen LogP contribution in [0.1, 0.15) is 5.56 Å². The molecule has 0 aliphatic carbocycles. The fourth-order valence-corrected chi connectivity index (χ4v) is 1.82. The maximum Gasteiger partial charge on any atom is 0.338 e. The van der Waals surface area contributed by atoms with Crippen LogP contribution in [0.5, 0.6) is 11.5 Å². The third-order valence-electron chi connectivity index (χ3n) is 2.61. The number of aliphatic carboxylic acids is 1. The molecule has 0 amide bonds. The van der Waals surface area contributed by atoms with E-state index >= 15 is 0 Å². The van der Waals surface area contributed by atoms with Gasteiger partial charge in [0, 0.05) is 9.93 Å². The second-order valence-corrected chi connectivity index (χ2v) is 4.53. The summed E-state index contributed by atoms with van der Waals surface area (Å²) >= 11 is 6.02. The zero-order chi connectivity index (χ0) is 15.9. The van der Waals surface area contributed by atoms with Crippen molar-refractivity contribution in [1.29, 1.82) is 0 Å². The Bertz CT molecular complexity index is 765. The number of nitrogens with zero attached hydrogens (tertiary/aromatic N) is 3. The Morgan fingerprint density at radius 1 is 1.23 bits per heavy atom. The SMILES string of the molecule is [N-]=[N+]=N/C(=C\c1cc(Oc2ccccc2)ccc1Cl)C(=O)O. The second kappa shape index (κ2) is 7.17. The third kappa shape index (κ3) is 4.02. The molecule has 110 valence electrons. The lowest BCUT2D eigenvalue weighted by Gasteiger charge is -2.07. The fraction of sp³-hybridized carbons (Fsp3) is 0. The van der Waals surface area contributed by atoms with Crippen molar-refractivity contribution in [1.82, 2.24) is 0 Å². The maximum atomic E-state index is 11.0. The summed E-state index contributed by atoms with van der Waals surface area (Å²) in [7, 11) is 0. The van der Waals surface area contributed by atoms with E-state index in [-0.39, 0.29) is 0 Å². The number of ether oxygens (including phenoxy) is 1. The van der Waals surface area contributed by atoms with Crippen LogP contribution in [0.15, 0.2) is 59.3 Å². The molecular weight excluding hydrogens is 306 g/mol. The molecule has 0 heterocycles. The van der Waals surface area contributed by atoms with Gasteiger partial charge in [0.05, 0.1) is 0 Å². The Kier molecular flexibility index (Phi) is 5.03. The second-order valence-electron chi connectivity index (χ2n) is 4.12. The predicted octanol–water partition coefficient (Wildman–Crippen LogP) is 4.87. The molecule has 0 fully saturated rings. The first-order chi connectivity index (χ1) is 10.6. The van der Waals surface area contributed by atoms with E-state index in [2.05, 4.69) is 10.0 Å². The number of carbonyl (C=O) groups is 1. The summed E-state index contributed by atoms with van der Waals surface area (Å²) in [6.45, 7) is 0. The van der Waals surface area contributed by atoms with Gasteiger partial charge in [-0.3, -0.25) is 0 Å². The van der Waals surface area contributed by atoms with Gasteiger partial charge in [-0.2, -0.15) is 0 Å². The Morgan fingerprint density at radius 3 is 2.59 bits per heavy atom. The summed E-state index contributed by atoms with van der Waals surface area (Å²) in [5.41, 5.74) is 8.30. The highest BCUT2D eigenvalue weighted by molar-refractivity contribution is 6.32. The van der Waals surface area contributed by atoms with Gasteiger partial charge in [0.15, 0.2) is 0 Å². The highest BCUT2D eigenvalue weighted by atomic mass is 35.5. The molecule has 0 atom stereocenters. The van der Waals surface area contributed by atoms with Crippen molar-refractivity contribution in [2.45, 2.75) is 0 Å². The van der Waals surface area contributed by atoms with Crippen LogP contribution in [0.4, 0.5) is 0 Å². The normalized spacial score (nSPS) is 10.7. The number of carboxylic acid groups (broad SMARTS) is 1. The van der Waals surface area contributed by atoms with Crippen LogP contribution < -0.4 is 4.74 Å². The van der Waals surface area contributed by atoms with Gasteiger partial charge < -0.3 is 9.84 Å². The van der Waals surface area contributed by atoms with Crippen LogP contribution in [-0.2, 0) is 4.79 Å². The van der Waals surface area contributed by atoms with Gasteiger partial charge in [-0.15, -0.1) is 0 Å². The zero-order valence-corrected chi connectivity index (χ0v) is 11.9. The quantitative estimate of drug-likeness (QED) is 0.369. The number of azide groups is 1. The fourth-order valence-electron chi connectivity index (χ4n) is 1.65. The van der Waals surface area contributed by atoms with Crippen molar-refractivity contribution in [3.8, 4) is 11.5 Å². The summed E-state index contributed by atoms with van der Waals surface area (Å²) in [5, 5.41) is 12.4. The average molecular weight is 316 g/mol. The molecular formula is C15H10ClN3O3.